The molecule has 28 heavy (non-hydrogen) atoms. The Morgan fingerprint density at radius 3 is 2.75 bits per heavy atom. The highest BCUT2D eigenvalue weighted by Gasteiger charge is 2.08. The summed E-state index contributed by atoms with van der Waals surface area (Å²) in [4.78, 5) is 12.0. The maximum Gasteiger partial charge on any atom is 0.277 e. The number of rotatable bonds is 8. The smallest absolute Gasteiger partial charge is 0.277 e. The number of benzene rings is 2. The van der Waals surface area contributed by atoms with Gasteiger partial charge in [-0.05, 0) is 48.2 Å². The monoisotopic (exact) mass is 442 g/mol. The number of hydrazone groups is 1. The summed E-state index contributed by atoms with van der Waals surface area (Å²) in [7, 11) is 0. The number of nitrogens with one attached hydrogen (secondary N) is 1. The van der Waals surface area contributed by atoms with Crippen molar-refractivity contribution in [2.75, 3.05) is 13.2 Å². The fourth-order valence-corrected chi connectivity index (χ4v) is 2.73. The molecule has 0 unspecified atom stereocenters. The number of amides is 1. The largest absolute Gasteiger partial charge is 0.483 e. The van der Waals surface area contributed by atoms with E-state index >= 15 is 0 Å². The van der Waals surface area contributed by atoms with Gasteiger partial charge >= 0.3 is 0 Å². The van der Waals surface area contributed by atoms with Gasteiger partial charge in [-0.3, -0.25) is 4.79 Å². The molecule has 0 aliphatic rings. The average molecular weight is 443 g/mol. The summed E-state index contributed by atoms with van der Waals surface area (Å²) in [6, 6.07) is 11.5. The van der Waals surface area contributed by atoms with Gasteiger partial charge in [-0.25, -0.2) is 5.43 Å². The van der Waals surface area contributed by atoms with E-state index in [0.717, 1.165) is 15.6 Å². The number of aryl methyl sites for hydroxylation is 1. The molecule has 0 bridgehead atoms. The Bertz CT molecular complexity index is 901. The first-order valence-corrected chi connectivity index (χ1v) is 9.61. The highest BCUT2D eigenvalue weighted by atomic mass is 79.9. The molecule has 2 aromatic rings. The summed E-state index contributed by atoms with van der Waals surface area (Å²) in [5.41, 5.74) is 5.28. The van der Waals surface area contributed by atoms with Crippen molar-refractivity contribution in [2.24, 2.45) is 5.10 Å². The van der Waals surface area contributed by atoms with E-state index in [1.54, 1.807) is 6.07 Å². The lowest BCUT2D eigenvalue weighted by Crippen LogP contribution is -2.24. The van der Waals surface area contributed by atoms with Gasteiger partial charge in [0.25, 0.3) is 5.91 Å². The molecule has 0 fully saturated rings. The van der Waals surface area contributed by atoms with E-state index in [2.05, 4.69) is 52.3 Å². The zero-order valence-corrected chi connectivity index (χ0v) is 17.7. The van der Waals surface area contributed by atoms with Crippen LogP contribution in [-0.2, 0) is 4.79 Å². The van der Waals surface area contributed by atoms with Crippen LogP contribution in [0.15, 0.2) is 46.0 Å². The topological polar surface area (TPSA) is 59.9 Å². The van der Waals surface area contributed by atoms with Gasteiger partial charge in [0.1, 0.15) is 18.1 Å². The van der Waals surface area contributed by atoms with Gasteiger partial charge in [0, 0.05) is 10.0 Å². The third-order valence-corrected chi connectivity index (χ3v) is 4.41. The van der Waals surface area contributed by atoms with Crippen molar-refractivity contribution in [1.29, 1.82) is 0 Å². The lowest BCUT2D eigenvalue weighted by molar-refractivity contribution is -0.123. The van der Waals surface area contributed by atoms with Gasteiger partial charge in [0.2, 0.25) is 0 Å². The Labute approximate surface area is 174 Å². The number of terminal acetylenes is 1. The SMILES string of the molecule is C#CCOc1ccc(Br)cc1/C=N/NC(=O)COc1cc(C(C)C)ccc1C. The van der Waals surface area contributed by atoms with Crippen molar-refractivity contribution in [3.8, 4) is 23.8 Å². The Hall–Kier alpha value is -2.78. The van der Waals surface area contributed by atoms with Crippen LogP contribution in [0.25, 0.3) is 0 Å². The van der Waals surface area contributed by atoms with Crippen molar-refractivity contribution in [1.82, 2.24) is 5.43 Å². The first-order chi connectivity index (χ1) is 13.4. The highest BCUT2D eigenvalue weighted by molar-refractivity contribution is 9.10. The zero-order chi connectivity index (χ0) is 20.5. The first kappa shape index (κ1) is 21.5. The molecule has 0 heterocycles. The lowest BCUT2D eigenvalue weighted by atomic mass is 10.0. The van der Waals surface area contributed by atoms with Gasteiger partial charge < -0.3 is 9.47 Å². The molecular weight excluding hydrogens is 420 g/mol. The molecule has 6 heteroatoms. The standard InChI is InChI=1S/C22H23BrN2O3/c1-5-10-27-20-9-8-19(23)11-18(20)13-24-25-22(26)14-28-21-12-17(15(2)3)7-6-16(21)4/h1,6-9,11-13,15H,10,14H2,2-4H3,(H,25,26)/b24-13+. The summed E-state index contributed by atoms with van der Waals surface area (Å²) < 4.78 is 12.0. The van der Waals surface area contributed by atoms with Crippen molar-refractivity contribution >= 4 is 28.1 Å². The van der Waals surface area contributed by atoms with Gasteiger partial charge in [-0.15, -0.1) is 6.42 Å². The molecule has 0 aliphatic carbocycles. The molecule has 2 rings (SSSR count). The number of hydrogen-bond acceptors (Lipinski definition) is 4. The minimum Gasteiger partial charge on any atom is -0.483 e. The number of carbonyl (C=O) groups excluding carboxylic acids is 1. The van der Waals surface area contributed by atoms with Crippen LogP contribution in [0.2, 0.25) is 0 Å². The van der Waals surface area contributed by atoms with Crippen LogP contribution in [0.1, 0.15) is 36.5 Å². The molecule has 0 atom stereocenters. The lowest BCUT2D eigenvalue weighted by Gasteiger charge is -2.12. The second kappa shape index (κ2) is 10.5. The number of carbonyl (C=O) groups is 1. The van der Waals surface area contributed by atoms with Crippen LogP contribution in [0.4, 0.5) is 0 Å². The van der Waals surface area contributed by atoms with Crippen molar-refractivity contribution < 1.29 is 14.3 Å². The molecule has 1 amide bonds. The number of ether oxygens (including phenoxy) is 2. The maximum absolute atomic E-state index is 12.0. The highest BCUT2D eigenvalue weighted by Crippen LogP contribution is 2.24. The predicted molar refractivity (Wildman–Crippen MR) is 115 cm³/mol. The van der Waals surface area contributed by atoms with E-state index in [9.17, 15) is 4.79 Å². The molecule has 0 aliphatic heterocycles. The van der Waals surface area contributed by atoms with E-state index in [0.29, 0.717) is 23.0 Å². The minimum absolute atomic E-state index is 0.126. The molecule has 0 saturated carbocycles. The molecule has 146 valence electrons. The second-order valence-electron chi connectivity index (χ2n) is 6.44. The van der Waals surface area contributed by atoms with Crippen molar-refractivity contribution in [2.45, 2.75) is 26.7 Å². The Balaban J connectivity index is 1.95. The van der Waals surface area contributed by atoms with Gasteiger partial charge in [0.05, 0.1) is 6.21 Å². The van der Waals surface area contributed by atoms with E-state index in [1.165, 1.54) is 6.21 Å². The molecule has 2 aromatic carbocycles. The average Bonchev–Trinajstić information content (AvgIpc) is 2.66. The van der Waals surface area contributed by atoms with Crippen LogP contribution < -0.4 is 14.9 Å². The zero-order valence-electron chi connectivity index (χ0n) is 16.2. The number of hydrogen-bond donors (Lipinski definition) is 1. The fourth-order valence-electron chi connectivity index (χ4n) is 2.35. The van der Waals surface area contributed by atoms with E-state index in [-0.39, 0.29) is 19.1 Å². The molecule has 5 nitrogen and oxygen atoms in total. The predicted octanol–water partition coefficient (Wildman–Crippen LogP) is 4.42. The van der Waals surface area contributed by atoms with Crippen molar-refractivity contribution in [3.63, 3.8) is 0 Å². The van der Waals surface area contributed by atoms with Gasteiger partial charge in [0.15, 0.2) is 6.61 Å². The second-order valence-corrected chi connectivity index (χ2v) is 7.35. The van der Waals surface area contributed by atoms with Gasteiger partial charge in [-0.2, -0.15) is 5.10 Å². The third kappa shape index (κ3) is 6.43. The Morgan fingerprint density at radius 2 is 2.04 bits per heavy atom. The summed E-state index contributed by atoms with van der Waals surface area (Å²) in [6.45, 7) is 6.19. The Kier molecular flexibility index (Phi) is 8.09. The van der Waals surface area contributed by atoms with E-state index in [1.807, 2.05) is 31.2 Å². The Morgan fingerprint density at radius 1 is 1.25 bits per heavy atom. The number of halogens is 1. The summed E-state index contributed by atoms with van der Waals surface area (Å²) >= 11 is 3.39. The minimum atomic E-state index is -0.355. The summed E-state index contributed by atoms with van der Waals surface area (Å²) in [5, 5.41) is 3.97. The van der Waals surface area contributed by atoms with Crippen LogP contribution in [-0.4, -0.2) is 25.3 Å². The van der Waals surface area contributed by atoms with Crippen molar-refractivity contribution in [3.05, 3.63) is 57.6 Å². The van der Waals surface area contributed by atoms with E-state index in [4.69, 9.17) is 15.9 Å². The molecule has 0 aromatic heterocycles. The molecule has 0 radical (unpaired) electrons. The number of nitrogens with zero attached hydrogens (tertiary/aromatic N) is 1. The van der Waals surface area contributed by atoms with Crippen LogP contribution in [0, 0.1) is 19.3 Å². The van der Waals surface area contributed by atoms with E-state index < -0.39 is 0 Å². The third-order valence-electron chi connectivity index (χ3n) is 3.91. The maximum atomic E-state index is 12.0. The van der Waals surface area contributed by atoms with Crippen LogP contribution >= 0.6 is 15.9 Å². The van der Waals surface area contributed by atoms with Crippen LogP contribution in [0.3, 0.4) is 0 Å². The summed E-state index contributed by atoms with van der Waals surface area (Å²) in [5.74, 6) is 3.72. The van der Waals surface area contributed by atoms with Crippen LogP contribution in [0.5, 0.6) is 11.5 Å². The van der Waals surface area contributed by atoms with Gasteiger partial charge in [-0.1, -0.05) is 47.8 Å². The molecule has 0 spiro atoms. The quantitative estimate of drug-likeness (QED) is 0.373. The fraction of sp³-hybridized carbons (Fsp3) is 0.273. The normalized spacial score (nSPS) is 10.7. The molecule has 1 N–H and O–H groups in total. The molecule has 0 saturated heterocycles. The first-order valence-electron chi connectivity index (χ1n) is 8.81. The summed E-state index contributed by atoms with van der Waals surface area (Å²) in [6.07, 6.45) is 6.72. The molecular formula is C22H23BrN2O3.